The first-order valence-corrected chi connectivity index (χ1v) is 4.50. The topological polar surface area (TPSA) is 27.6 Å². The average Bonchev–Trinajstić information content (AvgIpc) is 2.69. The van der Waals surface area contributed by atoms with Gasteiger partial charge in [0.15, 0.2) is 0 Å². The molecule has 68 valence electrons. The summed E-state index contributed by atoms with van der Waals surface area (Å²) in [4.78, 5) is 0. The van der Waals surface area contributed by atoms with Crippen molar-refractivity contribution in [3.8, 4) is 0 Å². The second-order valence-electron chi connectivity index (χ2n) is 3.07. The standard InChI is InChI=1S/C10H13N3/c1-2-4-10(5-3-1)6-7-13-9-11-8-12-13/h1-5,8H,6-7,9H2,(H,11,12). The third-order valence-electron chi connectivity index (χ3n) is 2.09. The smallest absolute Gasteiger partial charge is 0.110 e. The zero-order chi connectivity index (χ0) is 8.93. The van der Waals surface area contributed by atoms with Gasteiger partial charge in [-0.15, -0.1) is 0 Å². The maximum Gasteiger partial charge on any atom is 0.110 e. The minimum atomic E-state index is 0.840. The fourth-order valence-corrected chi connectivity index (χ4v) is 1.35. The Kier molecular flexibility index (Phi) is 2.45. The number of nitrogens with zero attached hydrogens (tertiary/aromatic N) is 2. The molecule has 0 saturated carbocycles. The van der Waals surface area contributed by atoms with E-state index >= 15 is 0 Å². The van der Waals surface area contributed by atoms with Crippen LogP contribution in [0.15, 0.2) is 35.4 Å². The van der Waals surface area contributed by atoms with Crippen LogP contribution < -0.4 is 5.32 Å². The Hall–Kier alpha value is -1.51. The molecule has 3 heteroatoms. The molecule has 1 aromatic rings. The summed E-state index contributed by atoms with van der Waals surface area (Å²) >= 11 is 0. The Bertz CT molecular complexity index is 281. The molecule has 0 amide bonds. The van der Waals surface area contributed by atoms with Gasteiger partial charge in [0.1, 0.15) is 13.0 Å². The van der Waals surface area contributed by atoms with Crippen molar-refractivity contribution in [1.29, 1.82) is 0 Å². The van der Waals surface area contributed by atoms with Gasteiger partial charge in [0, 0.05) is 6.54 Å². The Labute approximate surface area is 78.1 Å². The molecule has 0 atom stereocenters. The van der Waals surface area contributed by atoms with Gasteiger partial charge in [0.05, 0.1) is 0 Å². The van der Waals surface area contributed by atoms with E-state index in [4.69, 9.17) is 0 Å². The summed E-state index contributed by atoms with van der Waals surface area (Å²) in [5.74, 6) is 0. The van der Waals surface area contributed by atoms with Crippen LogP contribution in [0.1, 0.15) is 5.56 Å². The van der Waals surface area contributed by atoms with Crippen molar-refractivity contribution < 1.29 is 0 Å². The lowest BCUT2D eigenvalue weighted by atomic mass is 10.1. The van der Waals surface area contributed by atoms with Gasteiger partial charge in [-0.25, -0.2) is 0 Å². The van der Waals surface area contributed by atoms with Crippen LogP contribution in [0.5, 0.6) is 0 Å². The van der Waals surface area contributed by atoms with E-state index in [2.05, 4.69) is 34.7 Å². The molecule has 0 bridgehead atoms. The van der Waals surface area contributed by atoms with E-state index in [1.165, 1.54) is 5.56 Å². The van der Waals surface area contributed by atoms with Gasteiger partial charge < -0.3 is 5.32 Å². The van der Waals surface area contributed by atoms with Gasteiger partial charge >= 0.3 is 0 Å². The molecular weight excluding hydrogens is 162 g/mol. The van der Waals surface area contributed by atoms with Crippen molar-refractivity contribution in [2.75, 3.05) is 13.2 Å². The number of hydrazone groups is 1. The monoisotopic (exact) mass is 175 g/mol. The van der Waals surface area contributed by atoms with Crippen molar-refractivity contribution in [2.24, 2.45) is 5.10 Å². The maximum atomic E-state index is 4.15. The Morgan fingerprint density at radius 2 is 2.15 bits per heavy atom. The van der Waals surface area contributed by atoms with Crippen molar-refractivity contribution >= 4 is 6.34 Å². The molecule has 0 saturated heterocycles. The van der Waals surface area contributed by atoms with E-state index in [-0.39, 0.29) is 0 Å². The predicted octanol–water partition coefficient (Wildman–Crippen LogP) is 1.04. The van der Waals surface area contributed by atoms with E-state index in [1.54, 1.807) is 6.34 Å². The summed E-state index contributed by atoms with van der Waals surface area (Å²) < 4.78 is 0. The van der Waals surface area contributed by atoms with Crippen molar-refractivity contribution in [2.45, 2.75) is 6.42 Å². The SMILES string of the molecule is C1=NN(CCc2ccccc2)CN1. The van der Waals surface area contributed by atoms with Crippen LogP contribution in [0.3, 0.4) is 0 Å². The zero-order valence-corrected chi connectivity index (χ0v) is 7.48. The number of hydrogen-bond acceptors (Lipinski definition) is 3. The van der Waals surface area contributed by atoms with Crippen LogP contribution in [-0.2, 0) is 6.42 Å². The minimum Gasteiger partial charge on any atom is -0.356 e. The average molecular weight is 175 g/mol. The highest BCUT2D eigenvalue weighted by molar-refractivity contribution is 5.55. The fraction of sp³-hybridized carbons (Fsp3) is 0.300. The van der Waals surface area contributed by atoms with Gasteiger partial charge in [-0.2, -0.15) is 5.10 Å². The van der Waals surface area contributed by atoms with Gasteiger partial charge in [0.25, 0.3) is 0 Å². The predicted molar refractivity (Wildman–Crippen MR) is 53.3 cm³/mol. The molecule has 1 heterocycles. The third-order valence-corrected chi connectivity index (χ3v) is 2.09. The summed E-state index contributed by atoms with van der Waals surface area (Å²) in [5, 5.41) is 9.21. The van der Waals surface area contributed by atoms with E-state index in [0.29, 0.717) is 0 Å². The second kappa shape index (κ2) is 3.94. The van der Waals surface area contributed by atoms with E-state index in [0.717, 1.165) is 19.6 Å². The fourth-order valence-electron chi connectivity index (χ4n) is 1.35. The van der Waals surface area contributed by atoms with Crippen LogP contribution in [0.4, 0.5) is 0 Å². The molecule has 3 nitrogen and oxygen atoms in total. The van der Waals surface area contributed by atoms with Gasteiger partial charge in [-0.1, -0.05) is 30.3 Å². The maximum absolute atomic E-state index is 4.15. The van der Waals surface area contributed by atoms with E-state index < -0.39 is 0 Å². The van der Waals surface area contributed by atoms with Crippen LogP contribution in [0.2, 0.25) is 0 Å². The van der Waals surface area contributed by atoms with Crippen molar-refractivity contribution in [1.82, 2.24) is 10.3 Å². The van der Waals surface area contributed by atoms with Crippen molar-refractivity contribution in [3.05, 3.63) is 35.9 Å². The zero-order valence-electron chi connectivity index (χ0n) is 7.48. The van der Waals surface area contributed by atoms with Crippen molar-refractivity contribution in [3.63, 3.8) is 0 Å². The Balaban J connectivity index is 1.82. The number of hydrogen-bond donors (Lipinski definition) is 1. The van der Waals surface area contributed by atoms with Gasteiger partial charge in [-0.05, 0) is 12.0 Å². The summed E-state index contributed by atoms with van der Waals surface area (Å²) in [6.07, 6.45) is 2.80. The third kappa shape index (κ3) is 2.21. The molecule has 0 radical (unpaired) electrons. The number of benzene rings is 1. The van der Waals surface area contributed by atoms with Gasteiger partial charge in [-0.3, -0.25) is 5.01 Å². The molecule has 1 aliphatic rings. The molecular formula is C10H13N3. The highest BCUT2D eigenvalue weighted by atomic mass is 15.5. The molecule has 2 rings (SSSR count). The highest BCUT2D eigenvalue weighted by Gasteiger charge is 2.03. The van der Waals surface area contributed by atoms with Gasteiger partial charge in [0.2, 0.25) is 0 Å². The van der Waals surface area contributed by atoms with Crippen LogP contribution in [0.25, 0.3) is 0 Å². The summed E-state index contributed by atoms with van der Waals surface area (Å²) in [6.45, 7) is 1.82. The molecule has 13 heavy (non-hydrogen) atoms. The number of nitrogens with one attached hydrogen (secondary N) is 1. The lowest BCUT2D eigenvalue weighted by molar-refractivity contribution is 0.312. The molecule has 1 aromatic carbocycles. The first kappa shape index (κ1) is 8.10. The molecule has 0 fully saturated rings. The van der Waals surface area contributed by atoms with E-state index in [1.807, 2.05) is 11.1 Å². The van der Waals surface area contributed by atoms with Crippen LogP contribution >= 0.6 is 0 Å². The van der Waals surface area contributed by atoms with E-state index in [9.17, 15) is 0 Å². The Morgan fingerprint density at radius 3 is 2.85 bits per heavy atom. The van der Waals surface area contributed by atoms with Crippen LogP contribution in [0, 0.1) is 0 Å². The first-order valence-electron chi connectivity index (χ1n) is 4.50. The lowest BCUT2D eigenvalue weighted by Crippen LogP contribution is -2.23. The molecule has 0 aromatic heterocycles. The molecule has 1 aliphatic heterocycles. The summed E-state index contributed by atoms with van der Waals surface area (Å²) in [7, 11) is 0. The first-order chi connectivity index (χ1) is 6.45. The lowest BCUT2D eigenvalue weighted by Gasteiger charge is -2.12. The molecule has 1 N–H and O–H groups in total. The second-order valence-corrected chi connectivity index (χ2v) is 3.07. The highest BCUT2D eigenvalue weighted by Crippen LogP contribution is 2.01. The molecule has 0 spiro atoms. The Morgan fingerprint density at radius 1 is 1.31 bits per heavy atom. The number of rotatable bonds is 3. The van der Waals surface area contributed by atoms with Crippen LogP contribution in [-0.4, -0.2) is 24.6 Å². The summed E-state index contributed by atoms with van der Waals surface area (Å²) in [5.41, 5.74) is 1.37. The quantitative estimate of drug-likeness (QED) is 0.743. The largest absolute Gasteiger partial charge is 0.356 e. The molecule has 0 aliphatic carbocycles. The molecule has 0 unspecified atom stereocenters. The summed E-state index contributed by atoms with van der Waals surface area (Å²) in [6, 6.07) is 10.5. The normalized spacial score (nSPS) is 14.6. The minimum absolute atomic E-state index is 0.840.